The summed E-state index contributed by atoms with van der Waals surface area (Å²) in [6.45, 7) is 5.60. The molecule has 0 aromatic carbocycles. The van der Waals surface area contributed by atoms with E-state index in [1.165, 1.54) is 25.0 Å². The lowest BCUT2D eigenvalue weighted by atomic mass is 10.1. The average Bonchev–Trinajstić information content (AvgIpc) is 2.52. The Labute approximate surface area is 74.3 Å². The largest absolute Gasteiger partial charge is 0.313 e. The van der Waals surface area contributed by atoms with Crippen LogP contribution in [0.15, 0.2) is 0 Å². The average molecular weight is 173 g/mol. The molecule has 1 saturated heterocycles. The van der Waals surface area contributed by atoms with E-state index in [-0.39, 0.29) is 0 Å². The maximum atomic E-state index is 3.55. The van der Waals surface area contributed by atoms with Crippen molar-refractivity contribution in [2.45, 2.75) is 44.4 Å². The maximum Gasteiger partial charge on any atom is 0.0201 e. The van der Waals surface area contributed by atoms with Gasteiger partial charge in [0.15, 0.2) is 0 Å². The molecule has 0 amide bonds. The minimum absolute atomic E-state index is 0.771. The Kier molecular flexibility index (Phi) is 4.31. The fraction of sp³-hybridized carbons (Fsp3) is 1.00. The molecule has 2 heteroatoms. The van der Waals surface area contributed by atoms with Crippen LogP contribution in [0.5, 0.6) is 0 Å². The van der Waals surface area contributed by atoms with E-state index in [2.05, 4.69) is 30.9 Å². The SMILES string of the molecule is CCNC(CC)C1CCCS1. The van der Waals surface area contributed by atoms with Crippen molar-refractivity contribution in [1.29, 1.82) is 0 Å². The summed E-state index contributed by atoms with van der Waals surface area (Å²) in [5.74, 6) is 1.38. The summed E-state index contributed by atoms with van der Waals surface area (Å²) in [4.78, 5) is 0. The van der Waals surface area contributed by atoms with Crippen molar-refractivity contribution in [3.8, 4) is 0 Å². The molecule has 2 unspecified atom stereocenters. The van der Waals surface area contributed by atoms with Gasteiger partial charge < -0.3 is 5.32 Å². The van der Waals surface area contributed by atoms with E-state index in [0.29, 0.717) is 0 Å². The molecule has 0 bridgehead atoms. The van der Waals surface area contributed by atoms with Gasteiger partial charge in [0.25, 0.3) is 0 Å². The maximum absolute atomic E-state index is 3.55. The zero-order valence-electron chi connectivity index (χ0n) is 7.60. The Morgan fingerprint density at radius 2 is 2.36 bits per heavy atom. The highest BCUT2D eigenvalue weighted by Crippen LogP contribution is 2.29. The molecule has 0 aliphatic carbocycles. The summed E-state index contributed by atoms with van der Waals surface area (Å²) in [5.41, 5.74) is 0. The highest BCUT2D eigenvalue weighted by molar-refractivity contribution is 8.00. The summed E-state index contributed by atoms with van der Waals surface area (Å²) < 4.78 is 0. The summed E-state index contributed by atoms with van der Waals surface area (Å²) in [7, 11) is 0. The number of nitrogens with one attached hydrogen (secondary N) is 1. The van der Waals surface area contributed by atoms with E-state index in [0.717, 1.165) is 17.8 Å². The van der Waals surface area contributed by atoms with Crippen LogP contribution in [0.4, 0.5) is 0 Å². The van der Waals surface area contributed by atoms with Crippen molar-refractivity contribution in [3.63, 3.8) is 0 Å². The molecule has 1 N–H and O–H groups in total. The normalized spacial score (nSPS) is 27.3. The fourth-order valence-electron chi connectivity index (χ4n) is 1.72. The first-order valence-electron chi connectivity index (χ1n) is 4.73. The molecule has 0 spiro atoms. The molecule has 0 saturated carbocycles. The molecular weight excluding hydrogens is 154 g/mol. The Morgan fingerprint density at radius 1 is 1.55 bits per heavy atom. The third-order valence-corrected chi connectivity index (χ3v) is 3.84. The van der Waals surface area contributed by atoms with Crippen LogP contribution >= 0.6 is 11.8 Å². The van der Waals surface area contributed by atoms with Crippen molar-refractivity contribution < 1.29 is 0 Å². The lowest BCUT2D eigenvalue weighted by molar-refractivity contribution is 0.485. The Balaban J connectivity index is 2.27. The van der Waals surface area contributed by atoms with Gasteiger partial charge in [0.1, 0.15) is 0 Å². The third kappa shape index (κ3) is 2.68. The number of thioether (sulfide) groups is 1. The monoisotopic (exact) mass is 173 g/mol. The van der Waals surface area contributed by atoms with E-state index in [4.69, 9.17) is 0 Å². The van der Waals surface area contributed by atoms with Gasteiger partial charge >= 0.3 is 0 Å². The summed E-state index contributed by atoms with van der Waals surface area (Å²) in [6, 6.07) is 0.771. The van der Waals surface area contributed by atoms with Crippen molar-refractivity contribution >= 4 is 11.8 Å². The second-order valence-electron chi connectivity index (χ2n) is 3.12. The molecular formula is C9H19NS. The quantitative estimate of drug-likeness (QED) is 0.700. The van der Waals surface area contributed by atoms with Crippen LogP contribution in [0.3, 0.4) is 0 Å². The van der Waals surface area contributed by atoms with Gasteiger partial charge in [-0.1, -0.05) is 13.8 Å². The van der Waals surface area contributed by atoms with Crippen LogP contribution < -0.4 is 5.32 Å². The molecule has 0 aromatic rings. The van der Waals surface area contributed by atoms with Crippen molar-refractivity contribution in [2.75, 3.05) is 12.3 Å². The minimum atomic E-state index is 0.771. The van der Waals surface area contributed by atoms with Crippen LogP contribution in [0.25, 0.3) is 0 Å². The van der Waals surface area contributed by atoms with Gasteiger partial charge in [0.05, 0.1) is 0 Å². The number of hydrogen-bond acceptors (Lipinski definition) is 2. The molecule has 2 atom stereocenters. The predicted octanol–water partition coefficient (Wildman–Crippen LogP) is 2.27. The third-order valence-electron chi connectivity index (χ3n) is 2.32. The van der Waals surface area contributed by atoms with Gasteiger partial charge in [-0.05, 0) is 31.6 Å². The molecule has 1 fully saturated rings. The molecule has 1 aliphatic heterocycles. The van der Waals surface area contributed by atoms with Crippen LogP contribution in [0.2, 0.25) is 0 Å². The van der Waals surface area contributed by atoms with Crippen LogP contribution in [-0.4, -0.2) is 23.6 Å². The van der Waals surface area contributed by atoms with Gasteiger partial charge in [-0.3, -0.25) is 0 Å². The van der Waals surface area contributed by atoms with Gasteiger partial charge in [-0.15, -0.1) is 0 Å². The molecule has 1 rings (SSSR count). The van der Waals surface area contributed by atoms with E-state index >= 15 is 0 Å². The molecule has 11 heavy (non-hydrogen) atoms. The Bertz CT molecular complexity index is 99.7. The predicted molar refractivity (Wildman–Crippen MR) is 53.2 cm³/mol. The van der Waals surface area contributed by atoms with Crippen molar-refractivity contribution in [3.05, 3.63) is 0 Å². The van der Waals surface area contributed by atoms with E-state index in [9.17, 15) is 0 Å². The summed E-state index contributed by atoms with van der Waals surface area (Å²) in [6.07, 6.45) is 4.14. The van der Waals surface area contributed by atoms with E-state index in [1.807, 2.05) is 0 Å². The summed E-state index contributed by atoms with van der Waals surface area (Å²) >= 11 is 2.15. The molecule has 1 aliphatic rings. The standard InChI is InChI=1S/C9H19NS/c1-3-8(10-4-2)9-6-5-7-11-9/h8-10H,3-7H2,1-2H3. The molecule has 1 heterocycles. The molecule has 0 aromatic heterocycles. The Hall–Kier alpha value is 0.310. The van der Waals surface area contributed by atoms with Gasteiger partial charge in [-0.25, -0.2) is 0 Å². The number of rotatable bonds is 4. The molecule has 66 valence electrons. The highest BCUT2D eigenvalue weighted by Gasteiger charge is 2.22. The fourth-order valence-corrected chi connectivity index (χ4v) is 3.21. The van der Waals surface area contributed by atoms with E-state index < -0.39 is 0 Å². The topological polar surface area (TPSA) is 12.0 Å². The first-order valence-corrected chi connectivity index (χ1v) is 5.78. The lowest BCUT2D eigenvalue weighted by Crippen LogP contribution is -2.36. The molecule has 0 radical (unpaired) electrons. The lowest BCUT2D eigenvalue weighted by Gasteiger charge is -2.21. The Morgan fingerprint density at radius 3 is 2.82 bits per heavy atom. The zero-order valence-corrected chi connectivity index (χ0v) is 8.41. The summed E-state index contributed by atoms with van der Waals surface area (Å²) in [5, 5.41) is 4.46. The van der Waals surface area contributed by atoms with Gasteiger partial charge in [0, 0.05) is 11.3 Å². The van der Waals surface area contributed by atoms with Gasteiger partial charge in [-0.2, -0.15) is 11.8 Å². The first-order chi connectivity index (χ1) is 5.38. The van der Waals surface area contributed by atoms with Crippen molar-refractivity contribution in [1.82, 2.24) is 5.32 Å². The van der Waals surface area contributed by atoms with Crippen molar-refractivity contribution in [2.24, 2.45) is 0 Å². The highest BCUT2D eigenvalue weighted by atomic mass is 32.2. The van der Waals surface area contributed by atoms with E-state index in [1.54, 1.807) is 0 Å². The second kappa shape index (κ2) is 5.04. The van der Waals surface area contributed by atoms with Gasteiger partial charge in [0.2, 0.25) is 0 Å². The van der Waals surface area contributed by atoms with Crippen LogP contribution in [0.1, 0.15) is 33.1 Å². The number of hydrogen-bond donors (Lipinski definition) is 1. The van der Waals surface area contributed by atoms with Crippen LogP contribution in [-0.2, 0) is 0 Å². The zero-order chi connectivity index (χ0) is 8.10. The smallest absolute Gasteiger partial charge is 0.0201 e. The first kappa shape index (κ1) is 9.40. The second-order valence-corrected chi connectivity index (χ2v) is 4.47. The van der Waals surface area contributed by atoms with Crippen LogP contribution in [0, 0.1) is 0 Å². The molecule has 1 nitrogen and oxygen atoms in total. The minimum Gasteiger partial charge on any atom is -0.313 e.